The number of benzene rings is 2. The Morgan fingerprint density at radius 3 is 2.32 bits per heavy atom. The molecule has 25 heavy (non-hydrogen) atoms. The van der Waals surface area contributed by atoms with Crippen molar-refractivity contribution >= 4 is 5.91 Å². The van der Waals surface area contributed by atoms with Gasteiger partial charge in [-0.05, 0) is 37.1 Å². The summed E-state index contributed by atoms with van der Waals surface area (Å²) in [5.74, 6) is -1.38. The largest absolute Gasteiger partial charge is 0.417 e. The predicted octanol–water partition coefficient (Wildman–Crippen LogP) is 4.48. The zero-order valence-electron chi connectivity index (χ0n) is 13.7. The van der Waals surface area contributed by atoms with Gasteiger partial charge in [-0.15, -0.1) is 0 Å². The van der Waals surface area contributed by atoms with Crippen molar-refractivity contribution in [3.8, 4) is 0 Å². The van der Waals surface area contributed by atoms with Gasteiger partial charge in [0.05, 0.1) is 24.3 Å². The Labute approximate surface area is 142 Å². The number of hydrogen-bond acceptors (Lipinski definition) is 2. The average molecular weight is 355 g/mol. The van der Waals surface area contributed by atoms with Crippen molar-refractivity contribution in [3.63, 3.8) is 0 Å². The third-order valence-electron chi connectivity index (χ3n) is 3.73. The van der Waals surface area contributed by atoms with Gasteiger partial charge in [0.15, 0.2) is 0 Å². The summed E-state index contributed by atoms with van der Waals surface area (Å²) >= 11 is 0. The molecular formula is C18H17F4NO2. The number of hydroxylamine groups is 2. The molecule has 0 aliphatic carbocycles. The van der Waals surface area contributed by atoms with Gasteiger partial charge in [-0.1, -0.05) is 30.3 Å². The third kappa shape index (κ3) is 4.36. The Bertz CT molecular complexity index is 746. The summed E-state index contributed by atoms with van der Waals surface area (Å²) < 4.78 is 53.1. The zero-order chi connectivity index (χ0) is 18.6. The number of carbonyl (C=O) groups is 1. The molecule has 0 fully saturated rings. The molecule has 0 N–H and O–H groups in total. The average Bonchev–Trinajstić information content (AvgIpc) is 2.56. The first-order chi connectivity index (χ1) is 11.8. The van der Waals surface area contributed by atoms with Crippen LogP contribution < -0.4 is 0 Å². The minimum atomic E-state index is -4.67. The number of alkyl halides is 3. The smallest absolute Gasteiger partial charge is 0.274 e. The summed E-state index contributed by atoms with van der Waals surface area (Å²) in [6.45, 7) is 1.57. The molecule has 0 saturated heterocycles. The van der Waals surface area contributed by atoms with Gasteiger partial charge in [0, 0.05) is 0 Å². The van der Waals surface area contributed by atoms with Gasteiger partial charge in [0.2, 0.25) is 0 Å². The van der Waals surface area contributed by atoms with Crippen LogP contribution in [-0.4, -0.2) is 24.1 Å². The van der Waals surface area contributed by atoms with Crippen LogP contribution in [0.2, 0.25) is 0 Å². The van der Waals surface area contributed by atoms with E-state index in [1.165, 1.54) is 31.4 Å². The first-order valence-electron chi connectivity index (χ1n) is 7.53. The summed E-state index contributed by atoms with van der Waals surface area (Å²) in [5, 5.41) is 0.830. The van der Waals surface area contributed by atoms with Crippen LogP contribution in [0.5, 0.6) is 0 Å². The van der Waals surface area contributed by atoms with E-state index >= 15 is 0 Å². The minimum absolute atomic E-state index is 0.0977. The summed E-state index contributed by atoms with van der Waals surface area (Å²) in [4.78, 5) is 17.6. The van der Waals surface area contributed by atoms with E-state index in [4.69, 9.17) is 4.84 Å². The van der Waals surface area contributed by atoms with Gasteiger partial charge < -0.3 is 0 Å². The summed E-state index contributed by atoms with van der Waals surface area (Å²) in [6.07, 6.45) is -4.57. The van der Waals surface area contributed by atoms with Gasteiger partial charge in [-0.2, -0.15) is 13.2 Å². The fourth-order valence-corrected chi connectivity index (χ4v) is 2.56. The van der Waals surface area contributed by atoms with E-state index in [2.05, 4.69) is 0 Å². The van der Waals surface area contributed by atoms with Crippen molar-refractivity contribution in [2.45, 2.75) is 25.6 Å². The summed E-state index contributed by atoms with van der Waals surface area (Å²) in [7, 11) is 1.19. The number of rotatable bonds is 5. The van der Waals surface area contributed by atoms with Gasteiger partial charge >= 0.3 is 6.18 Å². The molecule has 0 unspecified atom stereocenters. The Hall–Kier alpha value is -2.41. The molecule has 2 aromatic carbocycles. The van der Waals surface area contributed by atoms with Crippen molar-refractivity contribution in [2.75, 3.05) is 7.11 Å². The second kappa shape index (κ2) is 7.65. The van der Waals surface area contributed by atoms with Crippen LogP contribution in [0.1, 0.15) is 28.4 Å². The van der Waals surface area contributed by atoms with Gasteiger partial charge in [-0.3, -0.25) is 9.63 Å². The van der Waals surface area contributed by atoms with E-state index in [9.17, 15) is 22.4 Å². The van der Waals surface area contributed by atoms with E-state index in [0.29, 0.717) is 5.56 Å². The second-order valence-corrected chi connectivity index (χ2v) is 5.50. The van der Waals surface area contributed by atoms with E-state index in [1.807, 2.05) is 0 Å². The van der Waals surface area contributed by atoms with Crippen LogP contribution >= 0.6 is 0 Å². The van der Waals surface area contributed by atoms with E-state index in [1.54, 1.807) is 19.1 Å². The molecule has 0 heterocycles. The number of nitrogens with zero attached hydrogens (tertiary/aromatic N) is 1. The van der Waals surface area contributed by atoms with Crippen molar-refractivity contribution < 1.29 is 27.2 Å². The molecule has 0 aliphatic rings. The lowest BCUT2D eigenvalue weighted by molar-refractivity contribution is -0.140. The van der Waals surface area contributed by atoms with Crippen LogP contribution in [0.3, 0.4) is 0 Å². The molecule has 1 amide bonds. The SMILES string of the molecule is CON(C(=O)c1ccccc1C(F)(F)F)[C@@H](C)Cc1ccccc1F. The second-order valence-electron chi connectivity index (χ2n) is 5.50. The van der Waals surface area contributed by atoms with Crippen LogP contribution in [0.15, 0.2) is 48.5 Å². The molecule has 1 atom stereocenters. The molecule has 0 radical (unpaired) electrons. The standard InChI is InChI=1S/C18H17F4NO2/c1-12(11-13-7-3-6-10-16(13)19)23(25-2)17(24)14-8-4-5-9-15(14)18(20,21)22/h3-10,12H,11H2,1-2H3/t12-/m0/s1. The fourth-order valence-electron chi connectivity index (χ4n) is 2.56. The molecular weight excluding hydrogens is 338 g/mol. The molecule has 3 nitrogen and oxygen atoms in total. The van der Waals surface area contributed by atoms with Crippen molar-refractivity contribution in [3.05, 3.63) is 71.0 Å². The van der Waals surface area contributed by atoms with Gasteiger partial charge in [-0.25, -0.2) is 9.45 Å². The molecule has 0 saturated carbocycles. The number of carbonyl (C=O) groups excluding carboxylic acids is 1. The molecule has 0 bridgehead atoms. The van der Waals surface area contributed by atoms with Crippen molar-refractivity contribution in [1.82, 2.24) is 5.06 Å². The Morgan fingerprint density at radius 2 is 1.72 bits per heavy atom. The Balaban J connectivity index is 2.29. The highest BCUT2D eigenvalue weighted by atomic mass is 19.4. The third-order valence-corrected chi connectivity index (χ3v) is 3.73. The molecule has 0 aromatic heterocycles. The highest BCUT2D eigenvalue weighted by Gasteiger charge is 2.36. The molecule has 7 heteroatoms. The highest BCUT2D eigenvalue weighted by Crippen LogP contribution is 2.32. The monoisotopic (exact) mass is 355 g/mol. The highest BCUT2D eigenvalue weighted by molar-refractivity contribution is 5.95. The molecule has 0 spiro atoms. The molecule has 134 valence electrons. The van der Waals surface area contributed by atoms with Gasteiger partial charge in [0.25, 0.3) is 5.91 Å². The summed E-state index contributed by atoms with van der Waals surface area (Å²) in [5.41, 5.74) is -1.22. The molecule has 0 aliphatic heterocycles. The number of amides is 1. The van der Waals surface area contributed by atoms with E-state index in [0.717, 1.165) is 17.2 Å². The normalized spacial score (nSPS) is 12.7. The first-order valence-corrected chi connectivity index (χ1v) is 7.53. The maximum Gasteiger partial charge on any atom is 0.417 e. The lowest BCUT2D eigenvalue weighted by atomic mass is 10.0. The van der Waals surface area contributed by atoms with Crippen molar-refractivity contribution in [1.29, 1.82) is 0 Å². The number of halogens is 4. The maximum absolute atomic E-state index is 13.8. The quantitative estimate of drug-likeness (QED) is 0.585. The van der Waals surface area contributed by atoms with E-state index < -0.39 is 35.1 Å². The summed E-state index contributed by atoms with van der Waals surface area (Å²) in [6, 6.07) is 9.81. The minimum Gasteiger partial charge on any atom is -0.274 e. The Morgan fingerprint density at radius 1 is 1.12 bits per heavy atom. The van der Waals surface area contributed by atoms with Crippen LogP contribution in [0.25, 0.3) is 0 Å². The lowest BCUT2D eigenvalue weighted by Gasteiger charge is -2.27. The van der Waals surface area contributed by atoms with Crippen molar-refractivity contribution in [2.24, 2.45) is 0 Å². The lowest BCUT2D eigenvalue weighted by Crippen LogP contribution is -2.40. The maximum atomic E-state index is 13.8. The predicted molar refractivity (Wildman–Crippen MR) is 84.2 cm³/mol. The first kappa shape index (κ1) is 18.9. The molecule has 2 rings (SSSR count). The fraction of sp³-hybridized carbons (Fsp3) is 0.278. The van der Waals surface area contributed by atoms with Crippen LogP contribution in [-0.2, 0) is 17.4 Å². The van der Waals surface area contributed by atoms with Gasteiger partial charge in [0.1, 0.15) is 5.82 Å². The molecule has 2 aromatic rings. The van der Waals surface area contributed by atoms with Crippen LogP contribution in [0, 0.1) is 5.82 Å². The van der Waals surface area contributed by atoms with E-state index in [-0.39, 0.29) is 6.42 Å². The number of hydrogen-bond donors (Lipinski definition) is 0. The van der Waals surface area contributed by atoms with Crippen LogP contribution in [0.4, 0.5) is 17.6 Å². The Kier molecular flexibility index (Phi) is 5.79. The zero-order valence-corrected chi connectivity index (χ0v) is 13.7. The topological polar surface area (TPSA) is 29.5 Å².